The number of nitrogens with zero attached hydrogens (tertiary/aromatic N) is 2. The lowest BCUT2D eigenvalue weighted by Gasteiger charge is -2.19. The Bertz CT molecular complexity index is 1170. The van der Waals surface area contributed by atoms with Crippen molar-refractivity contribution in [3.8, 4) is 11.3 Å². The number of halogens is 1. The van der Waals surface area contributed by atoms with E-state index >= 15 is 0 Å². The van der Waals surface area contributed by atoms with E-state index in [1.165, 1.54) is 13.0 Å². The van der Waals surface area contributed by atoms with Gasteiger partial charge < -0.3 is 10.6 Å². The minimum absolute atomic E-state index is 0.0575. The van der Waals surface area contributed by atoms with Crippen LogP contribution in [-0.2, 0) is 9.59 Å². The number of aryl methyl sites for hydroxylation is 1. The fourth-order valence-corrected chi connectivity index (χ4v) is 3.30. The Morgan fingerprint density at radius 3 is 2.35 bits per heavy atom. The van der Waals surface area contributed by atoms with Gasteiger partial charge in [0.1, 0.15) is 11.7 Å². The van der Waals surface area contributed by atoms with Crippen molar-refractivity contribution in [2.75, 3.05) is 10.6 Å². The monoisotopic (exact) mass is 438 g/mol. The Morgan fingerprint density at radius 2 is 1.74 bits per heavy atom. The van der Waals surface area contributed by atoms with Crippen LogP contribution in [-0.4, -0.2) is 21.6 Å². The third kappa shape index (κ3) is 5.19. The van der Waals surface area contributed by atoms with Gasteiger partial charge >= 0.3 is 0 Å². The molecular weight excluding hydrogens is 416 g/mol. The van der Waals surface area contributed by atoms with Crippen molar-refractivity contribution < 1.29 is 9.59 Å². The van der Waals surface area contributed by atoms with Crippen molar-refractivity contribution in [3.05, 3.63) is 75.5 Å². The van der Waals surface area contributed by atoms with E-state index in [1.807, 2.05) is 31.2 Å². The summed E-state index contributed by atoms with van der Waals surface area (Å²) in [5.41, 5.74) is 2.23. The molecule has 3 aromatic rings. The molecule has 2 aromatic carbocycles. The quantitative estimate of drug-likeness (QED) is 0.595. The highest BCUT2D eigenvalue weighted by molar-refractivity contribution is 6.33. The smallest absolute Gasteiger partial charge is 0.291 e. The Kier molecular flexibility index (Phi) is 6.87. The van der Waals surface area contributed by atoms with E-state index in [0.717, 1.165) is 15.8 Å². The summed E-state index contributed by atoms with van der Waals surface area (Å²) in [6.45, 7) is 5.06. The first kappa shape index (κ1) is 22.2. The van der Waals surface area contributed by atoms with Gasteiger partial charge in [-0.2, -0.15) is 5.10 Å². The molecule has 0 aliphatic rings. The van der Waals surface area contributed by atoms with Gasteiger partial charge in [-0.3, -0.25) is 14.4 Å². The van der Waals surface area contributed by atoms with Crippen LogP contribution in [0.2, 0.25) is 5.02 Å². The van der Waals surface area contributed by atoms with Gasteiger partial charge in [-0.1, -0.05) is 60.5 Å². The van der Waals surface area contributed by atoms with Gasteiger partial charge in [0.15, 0.2) is 0 Å². The molecule has 0 saturated carbocycles. The molecule has 0 unspecified atom stereocenters. The zero-order chi connectivity index (χ0) is 22.5. The summed E-state index contributed by atoms with van der Waals surface area (Å²) in [7, 11) is 0. The number of nitrogens with one attached hydrogen (secondary N) is 2. The molecule has 0 spiro atoms. The number of anilines is 2. The Labute approximate surface area is 185 Å². The number of para-hydroxylation sites is 1. The summed E-state index contributed by atoms with van der Waals surface area (Å²) in [5.74, 6) is -0.821. The maximum absolute atomic E-state index is 13.0. The van der Waals surface area contributed by atoms with Gasteiger partial charge in [0.25, 0.3) is 5.56 Å². The number of carbonyl (C=O) groups is 2. The first-order valence-corrected chi connectivity index (χ1v) is 10.2. The van der Waals surface area contributed by atoms with Crippen LogP contribution in [0.3, 0.4) is 0 Å². The highest BCUT2D eigenvalue weighted by Gasteiger charge is 2.24. The molecular formula is C23H23ClN4O3. The topological polar surface area (TPSA) is 93.1 Å². The van der Waals surface area contributed by atoms with Gasteiger partial charge in [0.2, 0.25) is 11.8 Å². The van der Waals surface area contributed by atoms with Crippen molar-refractivity contribution in [1.82, 2.24) is 9.78 Å². The van der Waals surface area contributed by atoms with Crippen LogP contribution < -0.4 is 16.2 Å². The zero-order valence-corrected chi connectivity index (χ0v) is 18.2. The molecule has 0 saturated heterocycles. The van der Waals surface area contributed by atoms with Crippen molar-refractivity contribution in [2.45, 2.75) is 33.2 Å². The van der Waals surface area contributed by atoms with Crippen LogP contribution in [0.15, 0.2) is 59.4 Å². The van der Waals surface area contributed by atoms with Crippen molar-refractivity contribution in [1.29, 1.82) is 0 Å². The van der Waals surface area contributed by atoms with Gasteiger partial charge in [-0.15, -0.1) is 0 Å². The van der Waals surface area contributed by atoms with Crippen molar-refractivity contribution in [3.63, 3.8) is 0 Å². The summed E-state index contributed by atoms with van der Waals surface area (Å²) in [5, 5.41) is 10.1. The lowest BCUT2D eigenvalue weighted by molar-refractivity contribution is -0.119. The SMILES string of the molecule is CC[C@H](C(=O)Nc1ccccc1Cl)n1nc(-c2ccc(C)cc2)cc(NC(C)=O)c1=O. The maximum Gasteiger partial charge on any atom is 0.291 e. The summed E-state index contributed by atoms with van der Waals surface area (Å²) in [6, 6.07) is 15.0. The summed E-state index contributed by atoms with van der Waals surface area (Å²) in [4.78, 5) is 37.7. The molecule has 0 aliphatic heterocycles. The molecule has 0 fully saturated rings. The predicted octanol–water partition coefficient (Wildman–Crippen LogP) is 4.42. The number of rotatable bonds is 6. The lowest BCUT2D eigenvalue weighted by atomic mass is 10.1. The third-order valence-corrected chi connectivity index (χ3v) is 5.04. The average molecular weight is 439 g/mol. The van der Waals surface area contributed by atoms with Crippen LogP contribution >= 0.6 is 11.6 Å². The Balaban J connectivity index is 2.07. The minimum atomic E-state index is -0.901. The third-order valence-electron chi connectivity index (χ3n) is 4.71. The molecule has 2 N–H and O–H groups in total. The molecule has 7 nitrogen and oxygen atoms in total. The molecule has 0 radical (unpaired) electrons. The van der Waals surface area contributed by atoms with E-state index in [9.17, 15) is 14.4 Å². The Morgan fingerprint density at radius 1 is 1.06 bits per heavy atom. The minimum Gasteiger partial charge on any atom is -0.323 e. The fraction of sp³-hybridized carbons (Fsp3) is 0.217. The second-order valence-corrected chi connectivity index (χ2v) is 7.54. The first-order chi connectivity index (χ1) is 14.8. The second-order valence-electron chi connectivity index (χ2n) is 7.13. The molecule has 3 rings (SSSR count). The molecule has 1 aromatic heterocycles. The highest BCUT2D eigenvalue weighted by atomic mass is 35.5. The fourth-order valence-electron chi connectivity index (χ4n) is 3.12. The van der Waals surface area contributed by atoms with Gasteiger partial charge in [0, 0.05) is 12.5 Å². The van der Waals surface area contributed by atoms with Crippen LogP contribution in [0.1, 0.15) is 31.9 Å². The number of aromatic nitrogens is 2. The summed E-state index contributed by atoms with van der Waals surface area (Å²) in [6.07, 6.45) is 0.306. The number of hydrogen-bond acceptors (Lipinski definition) is 4. The molecule has 31 heavy (non-hydrogen) atoms. The summed E-state index contributed by atoms with van der Waals surface area (Å²) < 4.78 is 1.12. The van der Waals surface area contributed by atoms with Crippen LogP contribution in [0.4, 0.5) is 11.4 Å². The number of hydrogen-bond donors (Lipinski definition) is 2. The molecule has 1 atom stereocenters. The maximum atomic E-state index is 13.0. The molecule has 2 amide bonds. The summed E-state index contributed by atoms with van der Waals surface area (Å²) >= 11 is 6.15. The van der Waals surface area contributed by atoms with Crippen LogP contribution in [0.25, 0.3) is 11.3 Å². The molecule has 160 valence electrons. The van der Waals surface area contributed by atoms with Gasteiger partial charge in [-0.25, -0.2) is 4.68 Å². The van der Waals surface area contributed by atoms with Gasteiger partial charge in [0.05, 0.1) is 16.4 Å². The molecule has 0 aliphatic carbocycles. The second kappa shape index (κ2) is 9.57. The lowest BCUT2D eigenvalue weighted by Crippen LogP contribution is -2.36. The van der Waals surface area contributed by atoms with E-state index in [-0.39, 0.29) is 5.69 Å². The highest BCUT2D eigenvalue weighted by Crippen LogP contribution is 2.24. The standard InChI is InChI=1S/C23H23ClN4O3/c1-4-21(22(30)26-18-8-6-5-7-17(18)24)28-23(31)20(25-15(3)29)13-19(27-28)16-11-9-14(2)10-12-16/h5-13,21H,4H2,1-3H3,(H,25,29)(H,26,30)/t21-/m1/s1. The number of carbonyl (C=O) groups excluding carboxylic acids is 2. The normalized spacial score (nSPS) is 11.6. The van der Waals surface area contributed by atoms with Crippen molar-refractivity contribution >= 4 is 34.8 Å². The van der Waals surface area contributed by atoms with E-state index in [2.05, 4.69) is 15.7 Å². The van der Waals surface area contributed by atoms with E-state index in [4.69, 9.17) is 11.6 Å². The van der Waals surface area contributed by atoms with E-state index < -0.39 is 23.4 Å². The average Bonchev–Trinajstić information content (AvgIpc) is 2.73. The van der Waals surface area contributed by atoms with Crippen LogP contribution in [0.5, 0.6) is 0 Å². The predicted molar refractivity (Wildman–Crippen MR) is 122 cm³/mol. The molecule has 0 bridgehead atoms. The first-order valence-electron chi connectivity index (χ1n) is 9.84. The molecule has 1 heterocycles. The number of benzene rings is 2. The van der Waals surface area contributed by atoms with Crippen LogP contribution in [0, 0.1) is 6.92 Å². The molecule has 8 heteroatoms. The van der Waals surface area contributed by atoms with E-state index in [1.54, 1.807) is 31.2 Å². The zero-order valence-electron chi connectivity index (χ0n) is 17.5. The number of amides is 2. The van der Waals surface area contributed by atoms with Gasteiger partial charge in [-0.05, 0) is 31.5 Å². The van der Waals surface area contributed by atoms with E-state index in [0.29, 0.717) is 22.8 Å². The Hall–Kier alpha value is -3.45. The van der Waals surface area contributed by atoms with Crippen molar-refractivity contribution in [2.24, 2.45) is 0 Å². The largest absolute Gasteiger partial charge is 0.323 e.